The molecular weight excluding hydrogens is 229 g/mol. The number of hydrogen-bond acceptors (Lipinski definition) is 2. The topological polar surface area (TPSA) is 15.3 Å². The van der Waals surface area contributed by atoms with E-state index in [1.807, 2.05) is 4.90 Å². The van der Waals surface area contributed by atoms with Gasteiger partial charge in [0.15, 0.2) is 0 Å². The third-order valence-corrected chi connectivity index (χ3v) is 4.27. The molecule has 0 aromatic rings. The molecule has 1 aliphatic carbocycles. The lowest BCUT2D eigenvalue weighted by Gasteiger charge is -2.25. The Morgan fingerprint density at radius 2 is 1.94 bits per heavy atom. The number of nitrogens with one attached hydrogen (secondary N) is 1. The predicted octanol–water partition coefficient (Wildman–Crippen LogP) is 2.26. The highest BCUT2D eigenvalue weighted by molar-refractivity contribution is 5.05. The summed E-state index contributed by atoms with van der Waals surface area (Å²) in [7, 11) is 1.80. The van der Waals surface area contributed by atoms with Gasteiger partial charge in [0.1, 0.15) is 0 Å². The van der Waals surface area contributed by atoms with Gasteiger partial charge >= 0.3 is 6.18 Å². The molecule has 1 unspecified atom stereocenters. The van der Waals surface area contributed by atoms with Crippen LogP contribution >= 0.6 is 0 Å². The van der Waals surface area contributed by atoms with Crippen molar-refractivity contribution in [3.05, 3.63) is 0 Å². The highest BCUT2D eigenvalue weighted by atomic mass is 19.4. The van der Waals surface area contributed by atoms with Gasteiger partial charge in [-0.1, -0.05) is 0 Å². The van der Waals surface area contributed by atoms with Crippen LogP contribution in [-0.2, 0) is 0 Å². The van der Waals surface area contributed by atoms with E-state index in [-0.39, 0.29) is 6.54 Å². The molecule has 2 fully saturated rings. The third kappa shape index (κ3) is 3.58. The highest BCUT2D eigenvalue weighted by Gasteiger charge is 2.53. The second kappa shape index (κ2) is 4.76. The number of piperidine rings is 1. The fraction of sp³-hybridized carbons (Fsp3) is 1.00. The lowest BCUT2D eigenvalue weighted by atomic mass is 9.92. The smallest absolute Gasteiger partial charge is 0.317 e. The Bertz CT molecular complexity index is 259. The number of rotatable bonds is 4. The third-order valence-electron chi connectivity index (χ3n) is 4.27. The van der Waals surface area contributed by atoms with Gasteiger partial charge in [-0.2, -0.15) is 13.2 Å². The van der Waals surface area contributed by atoms with Gasteiger partial charge in [-0.05, 0) is 50.7 Å². The molecule has 0 radical (unpaired) electrons. The van der Waals surface area contributed by atoms with Crippen molar-refractivity contribution >= 4 is 0 Å². The van der Waals surface area contributed by atoms with Crippen LogP contribution in [0.25, 0.3) is 0 Å². The second-order valence-electron chi connectivity index (χ2n) is 5.64. The Labute approximate surface area is 101 Å². The van der Waals surface area contributed by atoms with E-state index in [4.69, 9.17) is 0 Å². The summed E-state index contributed by atoms with van der Waals surface area (Å²) in [5.41, 5.74) is 0.470. The summed E-state index contributed by atoms with van der Waals surface area (Å²) in [4.78, 5) is 1.84. The van der Waals surface area contributed by atoms with E-state index >= 15 is 0 Å². The van der Waals surface area contributed by atoms with Crippen LogP contribution in [0.1, 0.15) is 25.7 Å². The standard InChI is InChI=1S/C12H21F3N2/c1-17(7-4-12(13,14)15)9-10-8-11(10)2-5-16-6-3-11/h10,16H,2-9H2,1H3. The van der Waals surface area contributed by atoms with E-state index < -0.39 is 12.6 Å². The molecule has 1 saturated heterocycles. The van der Waals surface area contributed by atoms with Crippen molar-refractivity contribution in [2.45, 2.75) is 31.9 Å². The summed E-state index contributed by atoms with van der Waals surface area (Å²) in [6.07, 6.45) is -1.10. The van der Waals surface area contributed by atoms with E-state index in [2.05, 4.69) is 5.32 Å². The number of halogens is 3. The maximum Gasteiger partial charge on any atom is 0.390 e. The first-order valence-corrected chi connectivity index (χ1v) is 6.37. The Balaban J connectivity index is 1.68. The molecule has 1 N–H and O–H groups in total. The van der Waals surface area contributed by atoms with Crippen LogP contribution in [-0.4, -0.2) is 44.3 Å². The molecule has 5 heteroatoms. The molecule has 1 atom stereocenters. The van der Waals surface area contributed by atoms with E-state index in [0.717, 1.165) is 19.6 Å². The van der Waals surface area contributed by atoms with Crippen molar-refractivity contribution in [1.82, 2.24) is 10.2 Å². The number of alkyl halides is 3. The lowest BCUT2D eigenvalue weighted by molar-refractivity contribution is -0.137. The largest absolute Gasteiger partial charge is 0.390 e. The van der Waals surface area contributed by atoms with Crippen molar-refractivity contribution in [2.24, 2.45) is 11.3 Å². The van der Waals surface area contributed by atoms with Crippen LogP contribution in [0.2, 0.25) is 0 Å². The van der Waals surface area contributed by atoms with Gasteiger partial charge in [-0.15, -0.1) is 0 Å². The van der Waals surface area contributed by atoms with Crippen molar-refractivity contribution in [1.29, 1.82) is 0 Å². The second-order valence-corrected chi connectivity index (χ2v) is 5.64. The zero-order valence-electron chi connectivity index (χ0n) is 10.3. The summed E-state index contributed by atoms with van der Waals surface area (Å²) in [6, 6.07) is 0. The van der Waals surface area contributed by atoms with Gasteiger partial charge in [0.25, 0.3) is 0 Å². The lowest BCUT2D eigenvalue weighted by Crippen LogP contribution is -2.32. The summed E-state index contributed by atoms with van der Waals surface area (Å²) < 4.78 is 36.2. The molecule has 1 aliphatic heterocycles. The van der Waals surface area contributed by atoms with Crippen molar-refractivity contribution in [3.63, 3.8) is 0 Å². The quantitative estimate of drug-likeness (QED) is 0.823. The van der Waals surface area contributed by atoms with Crippen LogP contribution in [0.15, 0.2) is 0 Å². The van der Waals surface area contributed by atoms with Gasteiger partial charge in [0, 0.05) is 13.1 Å². The fourth-order valence-corrected chi connectivity index (χ4v) is 3.01. The maximum absolute atomic E-state index is 12.1. The van der Waals surface area contributed by atoms with E-state index in [1.165, 1.54) is 19.3 Å². The monoisotopic (exact) mass is 250 g/mol. The van der Waals surface area contributed by atoms with E-state index in [9.17, 15) is 13.2 Å². The van der Waals surface area contributed by atoms with Crippen LogP contribution in [0, 0.1) is 11.3 Å². The van der Waals surface area contributed by atoms with E-state index in [0.29, 0.717) is 11.3 Å². The van der Waals surface area contributed by atoms with Crippen molar-refractivity contribution in [2.75, 3.05) is 33.2 Å². The minimum atomic E-state index is -4.02. The number of hydrogen-bond donors (Lipinski definition) is 1. The minimum Gasteiger partial charge on any atom is -0.317 e. The Morgan fingerprint density at radius 3 is 2.53 bits per heavy atom. The molecule has 1 heterocycles. The SMILES string of the molecule is CN(CCC(F)(F)F)CC1CC12CCNCC2. The van der Waals surface area contributed by atoms with Crippen LogP contribution < -0.4 is 5.32 Å². The summed E-state index contributed by atoms with van der Waals surface area (Å²) >= 11 is 0. The van der Waals surface area contributed by atoms with Crippen molar-refractivity contribution < 1.29 is 13.2 Å². The molecule has 2 nitrogen and oxygen atoms in total. The molecule has 0 aromatic heterocycles. The Morgan fingerprint density at radius 1 is 1.29 bits per heavy atom. The molecule has 2 rings (SSSR count). The normalized spacial score (nSPS) is 27.7. The first kappa shape index (κ1) is 13.1. The average molecular weight is 250 g/mol. The summed E-state index contributed by atoms with van der Waals surface area (Å²) in [5, 5.41) is 3.34. The molecule has 1 spiro atoms. The zero-order chi connectivity index (χ0) is 12.5. The number of nitrogens with zero attached hydrogens (tertiary/aromatic N) is 1. The van der Waals surface area contributed by atoms with Crippen LogP contribution in [0.5, 0.6) is 0 Å². The van der Waals surface area contributed by atoms with Crippen LogP contribution in [0.3, 0.4) is 0 Å². The molecule has 0 bridgehead atoms. The first-order chi connectivity index (χ1) is 7.91. The molecule has 1 saturated carbocycles. The first-order valence-electron chi connectivity index (χ1n) is 6.37. The molecule has 0 amide bonds. The van der Waals surface area contributed by atoms with Crippen molar-refractivity contribution in [3.8, 4) is 0 Å². The van der Waals surface area contributed by atoms with Gasteiger partial charge in [0.2, 0.25) is 0 Å². The van der Waals surface area contributed by atoms with Gasteiger partial charge in [-0.25, -0.2) is 0 Å². The van der Waals surface area contributed by atoms with E-state index in [1.54, 1.807) is 7.05 Å². The maximum atomic E-state index is 12.1. The highest BCUT2D eigenvalue weighted by Crippen LogP contribution is 2.58. The molecule has 2 aliphatic rings. The minimum absolute atomic E-state index is 0.133. The Hall–Kier alpha value is -0.290. The van der Waals surface area contributed by atoms with Gasteiger partial charge in [0.05, 0.1) is 6.42 Å². The summed E-state index contributed by atoms with van der Waals surface area (Å²) in [5.74, 6) is 0.628. The average Bonchev–Trinajstić information content (AvgIpc) is 2.88. The molecule has 100 valence electrons. The van der Waals surface area contributed by atoms with Crippen LogP contribution in [0.4, 0.5) is 13.2 Å². The summed E-state index contributed by atoms with van der Waals surface area (Å²) in [6.45, 7) is 3.11. The Kier molecular flexibility index (Phi) is 3.69. The van der Waals surface area contributed by atoms with Gasteiger partial charge in [-0.3, -0.25) is 0 Å². The zero-order valence-corrected chi connectivity index (χ0v) is 10.3. The predicted molar refractivity (Wildman–Crippen MR) is 60.8 cm³/mol. The van der Waals surface area contributed by atoms with Gasteiger partial charge < -0.3 is 10.2 Å². The fourth-order valence-electron chi connectivity index (χ4n) is 3.01. The molecular formula is C12H21F3N2. The molecule has 0 aromatic carbocycles. The molecule has 17 heavy (non-hydrogen) atoms.